The Labute approximate surface area is 148 Å². The fourth-order valence-corrected chi connectivity index (χ4v) is 5.34. The van der Waals surface area contributed by atoms with Crippen LogP contribution in [0.2, 0.25) is 0 Å². The second kappa shape index (κ2) is 10.9. The Balaban J connectivity index is 4.31. The Morgan fingerprint density at radius 1 is 0.875 bits per heavy atom. The van der Waals surface area contributed by atoms with Gasteiger partial charge in [-0.15, -0.1) is 0 Å². The van der Waals surface area contributed by atoms with Crippen LogP contribution in [0.4, 0.5) is 0 Å². The van der Waals surface area contributed by atoms with Gasteiger partial charge in [-0.1, -0.05) is 0 Å². The van der Waals surface area contributed by atoms with Gasteiger partial charge in [0.15, 0.2) is 16.5 Å². The number of hydrogen-bond donors (Lipinski definition) is 0. The third-order valence-electron chi connectivity index (χ3n) is 2.58. The van der Waals surface area contributed by atoms with Crippen molar-refractivity contribution < 1.29 is 37.8 Å². The van der Waals surface area contributed by atoms with Crippen LogP contribution in [0.25, 0.3) is 0 Å². The molecule has 4 unspecified atom stereocenters. The summed E-state index contributed by atoms with van der Waals surface area (Å²) < 4.78 is 83.3. The third-order valence-corrected chi connectivity index (χ3v) is 7.70. The lowest BCUT2D eigenvalue weighted by molar-refractivity contribution is 0.272. The van der Waals surface area contributed by atoms with Crippen LogP contribution in [0.1, 0.15) is 33.6 Å². The lowest BCUT2D eigenvalue weighted by Crippen LogP contribution is -2.24. The smallest absolute Gasteiger partial charge is 0.268 e. The minimum Gasteiger partial charge on any atom is -0.289 e. The number of unbranched alkanes of at least 4 members (excludes halogenated alkanes) is 1. The van der Waals surface area contributed by atoms with Crippen molar-refractivity contribution in [2.45, 2.75) is 44.5 Å². The zero-order chi connectivity index (χ0) is 19.0. The van der Waals surface area contributed by atoms with E-state index in [1.165, 1.54) is 20.1 Å². The van der Waals surface area contributed by atoms with Crippen molar-refractivity contribution in [2.24, 2.45) is 0 Å². The van der Waals surface area contributed by atoms with Gasteiger partial charge in [0.05, 0.1) is 18.1 Å². The molecule has 0 aromatic carbocycles. The zero-order valence-corrected chi connectivity index (χ0v) is 17.3. The van der Waals surface area contributed by atoms with Crippen LogP contribution in [0, 0.1) is 0 Å². The fraction of sp³-hybridized carbons (Fsp3) is 1.00. The first-order valence-electron chi connectivity index (χ1n) is 7.08. The molecule has 146 valence electrons. The standard InChI is InChI=1S/C11H24O9S4/c1-5-18-22(13)11(3)20-24(16,17)9-7-6-8-23(14,15)19-10(2)21(4)12/h10-11H,5-9H2,1-4H3. The van der Waals surface area contributed by atoms with E-state index in [2.05, 4.69) is 4.18 Å². The Morgan fingerprint density at radius 2 is 1.29 bits per heavy atom. The molecule has 0 heterocycles. The van der Waals surface area contributed by atoms with Gasteiger partial charge in [-0.05, 0) is 33.6 Å². The van der Waals surface area contributed by atoms with E-state index >= 15 is 0 Å². The Hall–Kier alpha value is 0.0800. The summed E-state index contributed by atoms with van der Waals surface area (Å²) in [5.41, 5.74) is -2.11. The summed E-state index contributed by atoms with van der Waals surface area (Å²) in [6.45, 7) is 4.43. The quantitative estimate of drug-likeness (QED) is 0.299. The third kappa shape index (κ3) is 10.8. The van der Waals surface area contributed by atoms with Crippen LogP contribution in [-0.2, 0) is 54.7 Å². The van der Waals surface area contributed by atoms with Crippen LogP contribution in [-0.4, -0.2) is 60.5 Å². The van der Waals surface area contributed by atoms with Crippen LogP contribution in [0.3, 0.4) is 0 Å². The first-order valence-corrected chi connectivity index (χ1v) is 13.0. The summed E-state index contributed by atoms with van der Waals surface area (Å²) in [6.07, 6.45) is 1.36. The summed E-state index contributed by atoms with van der Waals surface area (Å²) in [5.74, 6) is -0.823. The first-order chi connectivity index (χ1) is 10.9. The van der Waals surface area contributed by atoms with E-state index in [1.807, 2.05) is 0 Å². The molecule has 0 aromatic rings. The highest BCUT2D eigenvalue weighted by Gasteiger charge is 2.22. The molecule has 24 heavy (non-hydrogen) atoms. The van der Waals surface area contributed by atoms with Gasteiger partial charge >= 0.3 is 0 Å². The predicted molar refractivity (Wildman–Crippen MR) is 91.7 cm³/mol. The normalized spacial score (nSPS) is 18.0. The summed E-state index contributed by atoms with van der Waals surface area (Å²) in [6, 6.07) is 0. The van der Waals surface area contributed by atoms with Crippen molar-refractivity contribution in [1.29, 1.82) is 0 Å². The molecule has 0 N–H and O–H groups in total. The summed E-state index contributed by atoms with van der Waals surface area (Å²) in [5, 5.41) is 0. The van der Waals surface area contributed by atoms with Crippen molar-refractivity contribution >= 4 is 42.1 Å². The molecule has 9 nitrogen and oxygen atoms in total. The molecule has 0 amide bonds. The second-order valence-electron chi connectivity index (χ2n) is 4.72. The summed E-state index contributed by atoms with van der Waals surface area (Å²) in [4.78, 5) is 0. The molecule has 0 radical (unpaired) electrons. The molecule has 0 spiro atoms. The van der Waals surface area contributed by atoms with Crippen molar-refractivity contribution in [1.82, 2.24) is 0 Å². The maximum Gasteiger partial charge on any atom is 0.268 e. The molecule has 0 aromatic heterocycles. The average Bonchev–Trinajstić information content (AvgIpc) is 2.42. The molecular weight excluding hydrogens is 404 g/mol. The lowest BCUT2D eigenvalue weighted by atomic mass is 10.4. The highest BCUT2D eigenvalue weighted by Crippen LogP contribution is 2.10. The summed E-state index contributed by atoms with van der Waals surface area (Å²) in [7, 11) is -9.29. The predicted octanol–water partition coefficient (Wildman–Crippen LogP) is 0.230. The molecule has 0 aliphatic rings. The van der Waals surface area contributed by atoms with Gasteiger partial charge in [0.25, 0.3) is 20.2 Å². The average molecular weight is 429 g/mol. The van der Waals surface area contributed by atoms with Crippen molar-refractivity contribution in [2.75, 3.05) is 24.4 Å². The SMILES string of the molecule is CCOS(=O)C(C)OS(=O)(=O)CCCCS(=O)(=O)OC(C)S(C)=O. The van der Waals surface area contributed by atoms with Gasteiger partial charge in [0.1, 0.15) is 5.44 Å². The van der Waals surface area contributed by atoms with E-state index in [4.69, 9.17) is 8.37 Å². The van der Waals surface area contributed by atoms with Gasteiger partial charge in [0.2, 0.25) is 0 Å². The van der Waals surface area contributed by atoms with E-state index in [9.17, 15) is 25.3 Å². The Morgan fingerprint density at radius 3 is 1.67 bits per heavy atom. The number of hydrogen-bond acceptors (Lipinski definition) is 9. The van der Waals surface area contributed by atoms with E-state index in [0.29, 0.717) is 0 Å². The topological polar surface area (TPSA) is 130 Å². The fourth-order valence-electron chi connectivity index (χ4n) is 1.37. The molecule has 0 fully saturated rings. The molecule has 0 saturated heterocycles. The largest absolute Gasteiger partial charge is 0.289 e. The van der Waals surface area contributed by atoms with Gasteiger partial charge in [-0.2, -0.15) is 16.8 Å². The highest BCUT2D eigenvalue weighted by molar-refractivity contribution is 7.89. The molecule has 0 bridgehead atoms. The van der Waals surface area contributed by atoms with Crippen molar-refractivity contribution in [3.63, 3.8) is 0 Å². The van der Waals surface area contributed by atoms with Crippen molar-refractivity contribution in [3.05, 3.63) is 0 Å². The molecule has 0 aliphatic heterocycles. The lowest BCUT2D eigenvalue weighted by Gasteiger charge is -2.12. The van der Waals surface area contributed by atoms with Crippen LogP contribution < -0.4 is 0 Å². The van der Waals surface area contributed by atoms with Gasteiger partial charge in [-0.3, -0.25) is 16.8 Å². The molecule has 13 heteroatoms. The van der Waals surface area contributed by atoms with Crippen LogP contribution in [0.15, 0.2) is 0 Å². The molecular formula is C11H24O9S4. The zero-order valence-electron chi connectivity index (χ0n) is 14.0. The summed E-state index contributed by atoms with van der Waals surface area (Å²) >= 11 is -1.89. The molecule has 0 saturated carbocycles. The molecule has 0 rings (SSSR count). The van der Waals surface area contributed by atoms with E-state index < -0.39 is 64.5 Å². The van der Waals surface area contributed by atoms with E-state index in [1.54, 1.807) is 6.92 Å². The first kappa shape index (κ1) is 24.1. The van der Waals surface area contributed by atoms with Gasteiger partial charge < -0.3 is 0 Å². The van der Waals surface area contributed by atoms with Gasteiger partial charge in [0, 0.05) is 17.1 Å². The Bertz CT molecular complexity index is 626. The minimum atomic E-state index is -3.96. The van der Waals surface area contributed by atoms with Crippen LogP contribution in [0.5, 0.6) is 0 Å². The molecule has 0 aliphatic carbocycles. The number of rotatable bonds is 13. The maximum absolute atomic E-state index is 11.7. The van der Waals surface area contributed by atoms with E-state index in [-0.39, 0.29) is 19.4 Å². The molecule has 4 atom stereocenters. The van der Waals surface area contributed by atoms with Gasteiger partial charge in [-0.25, -0.2) is 4.21 Å². The second-order valence-corrected chi connectivity index (χ2v) is 11.2. The monoisotopic (exact) mass is 428 g/mol. The minimum absolute atomic E-state index is 0.0164. The Kier molecular flexibility index (Phi) is 11.0. The van der Waals surface area contributed by atoms with E-state index in [0.717, 1.165) is 0 Å². The van der Waals surface area contributed by atoms with Crippen molar-refractivity contribution in [3.8, 4) is 0 Å². The highest BCUT2D eigenvalue weighted by atomic mass is 32.2. The maximum atomic E-state index is 11.7. The van der Waals surface area contributed by atoms with Crippen LogP contribution >= 0.6 is 0 Å².